The van der Waals surface area contributed by atoms with Crippen LogP contribution in [-0.4, -0.2) is 29.0 Å². The number of H-pyrrole nitrogens is 2. The Morgan fingerprint density at radius 1 is 0.895 bits per heavy atom. The molecule has 5 rings (SSSR count). The van der Waals surface area contributed by atoms with Gasteiger partial charge < -0.3 is 20.6 Å². The molecule has 2 aromatic heterocycles. The van der Waals surface area contributed by atoms with Gasteiger partial charge in [-0.2, -0.15) is 0 Å². The Bertz CT molecular complexity index is 1660. The molecule has 4 N–H and O–H groups in total. The fourth-order valence-corrected chi connectivity index (χ4v) is 4.63. The normalized spacial score (nSPS) is 12.8. The average molecular weight is 513 g/mol. The molecule has 0 aliphatic heterocycles. The maximum atomic E-state index is 14.0. The molecule has 0 aliphatic rings. The van der Waals surface area contributed by atoms with E-state index in [-0.39, 0.29) is 17.4 Å². The maximum Gasteiger partial charge on any atom is 0.272 e. The summed E-state index contributed by atoms with van der Waals surface area (Å²) in [6.07, 6.45) is 1.83. The minimum atomic E-state index is -0.559. The number of pyridine rings is 1. The Kier molecular flexibility index (Phi) is 6.89. The first-order valence-electron chi connectivity index (χ1n) is 12.2. The Hall–Kier alpha value is -4.56. The van der Waals surface area contributed by atoms with Gasteiger partial charge in [0, 0.05) is 28.7 Å². The van der Waals surface area contributed by atoms with Crippen LogP contribution in [0.1, 0.15) is 29.5 Å². The molecule has 3 aromatic carbocycles. The number of amides is 1. The average Bonchev–Trinajstić information content (AvgIpc) is 3.41. The van der Waals surface area contributed by atoms with Crippen molar-refractivity contribution in [3.05, 3.63) is 124 Å². The van der Waals surface area contributed by atoms with Crippen molar-refractivity contribution < 1.29 is 13.6 Å². The van der Waals surface area contributed by atoms with Gasteiger partial charge in [-0.3, -0.25) is 9.59 Å². The third-order valence-electron chi connectivity index (χ3n) is 6.75. The lowest BCUT2D eigenvalue weighted by Gasteiger charge is -2.24. The first kappa shape index (κ1) is 25.1. The number of rotatable bonds is 7. The molecule has 6 nitrogen and oxygen atoms in total. The van der Waals surface area contributed by atoms with Crippen molar-refractivity contribution in [2.75, 3.05) is 12.4 Å². The Morgan fingerprint density at radius 3 is 2.26 bits per heavy atom. The highest BCUT2D eigenvalue weighted by atomic mass is 19.1. The lowest BCUT2D eigenvalue weighted by atomic mass is 9.82. The molecule has 0 saturated heterocycles. The molecular formula is C30H26F2N4O2. The van der Waals surface area contributed by atoms with Crippen molar-refractivity contribution in [1.29, 1.82) is 0 Å². The van der Waals surface area contributed by atoms with E-state index in [2.05, 4.69) is 20.6 Å². The monoisotopic (exact) mass is 512 g/mol. The lowest BCUT2D eigenvalue weighted by molar-refractivity contribution is -0.117. The van der Waals surface area contributed by atoms with Gasteiger partial charge in [0.1, 0.15) is 17.3 Å². The second kappa shape index (κ2) is 10.4. The molecule has 0 aliphatic carbocycles. The van der Waals surface area contributed by atoms with Gasteiger partial charge in [-0.25, -0.2) is 8.78 Å². The SMILES string of the molecule is CN[C@@H](C)C(=O)Nc1c(C(c2ccc(F)cc2)c2cccc3[nH]ccc23)cc(-c2ccc(F)cc2)[nH]c1=O. The molecule has 1 amide bonds. The summed E-state index contributed by atoms with van der Waals surface area (Å²) in [5, 5.41) is 6.61. The summed E-state index contributed by atoms with van der Waals surface area (Å²) >= 11 is 0. The van der Waals surface area contributed by atoms with Crippen LogP contribution in [0.15, 0.2) is 89.9 Å². The second-order valence-electron chi connectivity index (χ2n) is 9.12. The molecule has 1 unspecified atom stereocenters. The van der Waals surface area contributed by atoms with Crippen LogP contribution in [0.5, 0.6) is 0 Å². The van der Waals surface area contributed by atoms with Crippen LogP contribution in [0.3, 0.4) is 0 Å². The van der Waals surface area contributed by atoms with Crippen molar-refractivity contribution in [3.63, 3.8) is 0 Å². The molecule has 2 heterocycles. The Balaban J connectivity index is 1.80. The van der Waals surface area contributed by atoms with Crippen molar-refractivity contribution >= 4 is 22.5 Å². The third-order valence-corrected chi connectivity index (χ3v) is 6.75. The zero-order valence-electron chi connectivity index (χ0n) is 20.8. The predicted molar refractivity (Wildman–Crippen MR) is 145 cm³/mol. The van der Waals surface area contributed by atoms with Gasteiger partial charge in [0.15, 0.2) is 0 Å². The number of anilines is 1. The fraction of sp³-hybridized carbons (Fsp3) is 0.133. The number of carbonyl (C=O) groups is 1. The number of hydrogen-bond donors (Lipinski definition) is 4. The van der Waals surface area contributed by atoms with E-state index < -0.39 is 23.3 Å². The van der Waals surface area contributed by atoms with E-state index in [1.807, 2.05) is 30.5 Å². The van der Waals surface area contributed by atoms with Crippen LogP contribution in [0, 0.1) is 11.6 Å². The van der Waals surface area contributed by atoms with Crippen LogP contribution in [0.2, 0.25) is 0 Å². The predicted octanol–water partition coefficient (Wildman–Crippen LogP) is 5.53. The van der Waals surface area contributed by atoms with E-state index in [0.717, 1.165) is 22.0 Å². The fourth-order valence-electron chi connectivity index (χ4n) is 4.63. The minimum Gasteiger partial charge on any atom is -0.361 e. The molecule has 38 heavy (non-hydrogen) atoms. The van der Waals surface area contributed by atoms with Gasteiger partial charge in [-0.15, -0.1) is 0 Å². The highest BCUT2D eigenvalue weighted by molar-refractivity contribution is 5.96. The summed E-state index contributed by atoms with van der Waals surface area (Å²) in [7, 11) is 1.65. The van der Waals surface area contributed by atoms with E-state index >= 15 is 0 Å². The van der Waals surface area contributed by atoms with Crippen molar-refractivity contribution in [3.8, 4) is 11.3 Å². The molecule has 0 bridgehead atoms. The highest BCUT2D eigenvalue weighted by Gasteiger charge is 2.26. The summed E-state index contributed by atoms with van der Waals surface area (Å²) in [5.74, 6) is -1.71. The number of fused-ring (bicyclic) bond motifs is 1. The van der Waals surface area contributed by atoms with Crippen LogP contribution in [0.25, 0.3) is 22.2 Å². The molecule has 8 heteroatoms. The van der Waals surface area contributed by atoms with E-state index in [1.54, 1.807) is 44.3 Å². The summed E-state index contributed by atoms with van der Waals surface area (Å²) in [6.45, 7) is 1.69. The van der Waals surface area contributed by atoms with E-state index in [1.165, 1.54) is 24.3 Å². The summed E-state index contributed by atoms with van der Waals surface area (Å²) in [5.41, 5.74) is 3.65. The third kappa shape index (κ3) is 4.86. The summed E-state index contributed by atoms with van der Waals surface area (Å²) in [4.78, 5) is 32.5. The number of nitrogens with one attached hydrogen (secondary N) is 4. The molecule has 0 radical (unpaired) electrons. The summed E-state index contributed by atoms with van der Waals surface area (Å²) < 4.78 is 27.6. The zero-order valence-corrected chi connectivity index (χ0v) is 20.8. The van der Waals surface area contributed by atoms with Crippen molar-refractivity contribution in [1.82, 2.24) is 15.3 Å². The number of aromatic amines is 2. The second-order valence-corrected chi connectivity index (χ2v) is 9.12. The molecule has 5 aromatic rings. The number of carbonyl (C=O) groups excluding carboxylic acids is 1. The number of halogens is 2. The standard InChI is InChI=1S/C30H26F2N4O2/c1-17(33-2)29(37)36-28-24(16-26(35-30(28)38)18-6-10-20(31)11-7-18)27(19-8-12-21(32)13-9-19)23-4-3-5-25-22(23)14-15-34-25/h3-17,27,33-34H,1-2H3,(H,35,38)(H,36,37)/t17-,27?/m0/s1. The number of likely N-dealkylation sites (N-methyl/N-ethyl adjacent to an activating group) is 1. The topological polar surface area (TPSA) is 89.8 Å². The number of benzene rings is 3. The molecule has 0 saturated carbocycles. The highest BCUT2D eigenvalue weighted by Crippen LogP contribution is 2.39. The first-order chi connectivity index (χ1) is 18.4. The van der Waals surface area contributed by atoms with E-state index in [4.69, 9.17) is 0 Å². The van der Waals surface area contributed by atoms with Gasteiger partial charge in [-0.05, 0) is 90.8 Å². The molecule has 0 spiro atoms. The number of hydrogen-bond acceptors (Lipinski definition) is 3. The molecule has 2 atom stereocenters. The Morgan fingerprint density at radius 2 is 1.58 bits per heavy atom. The van der Waals surface area contributed by atoms with Crippen LogP contribution >= 0.6 is 0 Å². The Labute approximate surface area is 217 Å². The molecule has 192 valence electrons. The largest absolute Gasteiger partial charge is 0.361 e. The minimum absolute atomic E-state index is 0.0878. The summed E-state index contributed by atoms with van der Waals surface area (Å²) in [6, 6.07) is 20.8. The van der Waals surface area contributed by atoms with Gasteiger partial charge in [0.2, 0.25) is 5.91 Å². The molecule has 0 fully saturated rings. The number of aromatic nitrogens is 2. The quantitative estimate of drug-likeness (QED) is 0.231. The van der Waals surface area contributed by atoms with Gasteiger partial charge >= 0.3 is 0 Å². The maximum absolute atomic E-state index is 14.0. The smallest absolute Gasteiger partial charge is 0.272 e. The lowest BCUT2D eigenvalue weighted by Crippen LogP contribution is -2.37. The van der Waals surface area contributed by atoms with Gasteiger partial charge in [0.25, 0.3) is 5.56 Å². The zero-order chi connectivity index (χ0) is 26.8. The molecular weight excluding hydrogens is 486 g/mol. The van der Waals surface area contributed by atoms with Crippen molar-refractivity contribution in [2.45, 2.75) is 18.9 Å². The van der Waals surface area contributed by atoms with Crippen molar-refractivity contribution in [2.24, 2.45) is 0 Å². The van der Waals surface area contributed by atoms with Crippen LogP contribution < -0.4 is 16.2 Å². The van der Waals surface area contributed by atoms with Gasteiger partial charge in [-0.1, -0.05) is 24.3 Å². The van der Waals surface area contributed by atoms with Crippen LogP contribution in [0.4, 0.5) is 14.5 Å². The van der Waals surface area contributed by atoms with E-state index in [9.17, 15) is 18.4 Å². The van der Waals surface area contributed by atoms with Gasteiger partial charge in [0.05, 0.1) is 6.04 Å². The van der Waals surface area contributed by atoms with Crippen LogP contribution in [-0.2, 0) is 4.79 Å². The first-order valence-corrected chi connectivity index (χ1v) is 12.2. The van der Waals surface area contributed by atoms with E-state index in [0.29, 0.717) is 16.8 Å².